The summed E-state index contributed by atoms with van der Waals surface area (Å²) in [7, 11) is 0. The van der Waals surface area contributed by atoms with E-state index in [1.54, 1.807) is 16.9 Å². The van der Waals surface area contributed by atoms with Crippen LogP contribution in [0.1, 0.15) is 16.1 Å². The maximum atomic E-state index is 13.1. The van der Waals surface area contributed by atoms with Gasteiger partial charge in [0.1, 0.15) is 5.82 Å². The molecule has 6 nitrogen and oxygen atoms in total. The lowest BCUT2D eigenvalue weighted by molar-refractivity contribution is 0.0766. The van der Waals surface area contributed by atoms with Crippen LogP contribution < -0.4 is 5.32 Å². The quantitative estimate of drug-likeness (QED) is 0.799. The standard InChI is InChI=1S/C16H20FN5OS/c17-14-3-1-2-13(10-14)11-18-4-5-22-12-15(19-20-22)16(23)21-6-8-24-9-7-21/h1-3,10,12,18H,4-9,11H2. The number of hydrogen-bond acceptors (Lipinski definition) is 5. The summed E-state index contributed by atoms with van der Waals surface area (Å²) in [5, 5.41) is 11.2. The van der Waals surface area contributed by atoms with E-state index in [4.69, 9.17) is 0 Å². The van der Waals surface area contributed by atoms with Gasteiger partial charge in [-0.05, 0) is 17.7 Å². The van der Waals surface area contributed by atoms with Crippen molar-refractivity contribution in [1.29, 1.82) is 0 Å². The fraction of sp³-hybridized carbons (Fsp3) is 0.438. The molecule has 0 radical (unpaired) electrons. The number of halogens is 1. The van der Waals surface area contributed by atoms with E-state index in [2.05, 4.69) is 15.6 Å². The molecule has 0 unspecified atom stereocenters. The van der Waals surface area contributed by atoms with Gasteiger partial charge in [0, 0.05) is 37.7 Å². The first kappa shape index (κ1) is 16.9. The van der Waals surface area contributed by atoms with Crippen LogP contribution in [0.4, 0.5) is 4.39 Å². The fourth-order valence-corrected chi connectivity index (χ4v) is 3.41. The van der Waals surface area contributed by atoms with Gasteiger partial charge in [-0.25, -0.2) is 4.39 Å². The van der Waals surface area contributed by atoms with E-state index in [1.807, 2.05) is 22.7 Å². The van der Waals surface area contributed by atoms with Crippen molar-refractivity contribution in [2.45, 2.75) is 13.1 Å². The van der Waals surface area contributed by atoms with E-state index in [1.165, 1.54) is 12.1 Å². The molecule has 0 aliphatic carbocycles. The van der Waals surface area contributed by atoms with Crippen molar-refractivity contribution in [3.05, 3.63) is 47.5 Å². The van der Waals surface area contributed by atoms with E-state index in [-0.39, 0.29) is 11.7 Å². The van der Waals surface area contributed by atoms with Gasteiger partial charge in [-0.3, -0.25) is 9.48 Å². The van der Waals surface area contributed by atoms with E-state index >= 15 is 0 Å². The van der Waals surface area contributed by atoms with Gasteiger partial charge in [0.2, 0.25) is 0 Å². The highest BCUT2D eigenvalue weighted by Gasteiger charge is 2.20. The maximum absolute atomic E-state index is 13.1. The van der Waals surface area contributed by atoms with Crippen molar-refractivity contribution >= 4 is 17.7 Å². The molecule has 2 aromatic rings. The minimum atomic E-state index is -0.232. The molecule has 0 atom stereocenters. The third-order valence-corrected chi connectivity index (χ3v) is 4.73. The van der Waals surface area contributed by atoms with Crippen LogP contribution in [0.3, 0.4) is 0 Å². The summed E-state index contributed by atoms with van der Waals surface area (Å²) >= 11 is 1.86. The van der Waals surface area contributed by atoms with Gasteiger partial charge >= 0.3 is 0 Å². The van der Waals surface area contributed by atoms with Crippen molar-refractivity contribution < 1.29 is 9.18 Å². The molecule has 2 heterocycles. The number of aromatic nitrogens is 3. The fourth-order valence-electron chi connectivity index (χ4n) is 2.51. The summed E-state index contributed by atoms with van der Waals surface area (Å²) in [6.07, 6.45) is 1.69. The minimum absolute atomic E-state index is 0.0470. The Hall–Kier alpha value is -1.93. The van der Waals surface area contributed by atoms with Crippen LogP contribution in [-0.2, 0) is 13.1 Å². The van der Waals surface area contributed by atoms with Gasteiger partial charge in [-0.1, -0.05) is 17.3 Å². The third kappa shape index (κ3) is 4.55. The summed E-state index contributed by atoms with van der Waals surface area (Å²) < 4.78 is 14.7. The topological polar surface area (TPSA) is 63.1 Å². The average molecular weight is 349 g/mol. The molecule has 0 spiro atoms. The summed E-state index contributed by atoms with van der Waals surface area (Å²) in [4.78, 5) is 14.1. The van der Waals surface area contributed by atoms with Crippen molar-refractivity contribution in [3.63, 3.8) is 0 Å². The Kier molecular flexibility index (Phi) is 5.81. The number of rotatable bonds is 6. The van der Waals surface area contributed by atoms with Crippen LogP contribution >= 0.6 is 11.8 Å². The molecule has 1 amide bonds. The lowest BCUT2D eigenvalue weighted by Crippen LogP contribution is -2.38. The van der Waals surface area contributed by atoms with E-state index < -0.39 is 0 Å². The van der Waals surface area contributed by atoms with Crippen LogP contribution in [0, 0.1) is 5.82 Å². The number of nitrogens with zero attached hydrogens (tertiary/aromatic N) is 4. The highest BCUT2D eigenvalue weighted by Crippen LogP contribution is 2.11. The van der Waals surface area contributed by atoms with Crippen molar-refractivity contribution in [2.24, 2.45) is 0 Å². The summed E-state index contributed by atoms with van der Waals surface area (Å²) in [5.41, 5.74) is 1.29. The highest BCUT2D eigenvalue weighted by atomic mass is 32.2. The molecule has 3 rings (SSSR count). The zero-order valence-electron chi connectivity index (χ0n) is 13.3. The number of benzene rings is 1. The second-order valence-electron chi connectivity index (χ2n) is 5.58. The first-order valence-electron chi connectivity index (χ1n) is 7.95. The van der Waals surface area contributed by atoms with Crippen LogP contribution in [0.5, 0.6) is 0 Å². The van der Waals surface area contributed by atoms with Crippen LogP contribution in [0.15, 0.2) is 30.5 Å². The number of carbonyl (C=O) groups is 1. The lowest BCUT2D eigenvalue weighted by atomic mass is 10.2. The predicted molar refractivity (Wildman–Crippen MR) is 91.4 cm³/mol. The largest absolute Gasteiger partial charge is 0.336 e. The minimum Gasteiger partial charge on any atom is -0.336 e. The molecular weight excluding hydrogens is 329 g/mol. The van der Waals surface area contributed by atoms with Gasteiger partial charge < -0.3 is 10.2 Å². The molecule has 1 aliphatic rings. The molecule has 1 aliphatic heterocycles. The van der Waals surface area contributed by atoms with E-state index in [9.17, 15) is 9.18 Å². The van der Waals surface area contributed by atoms with Crippen LogP contribution in [0.25, 0.3) is 0 Å². The highest BCUT2D eigenvalue weighted by molar-refractivity contribution is 7.99. The molecule has 128 valence electrons. The predicted octanol–water partition coefficient (Wildman–Crippen LogP) is 1.40. The first-order chi connectivity index (χ1) is 11.7. The van der Waals surface area contributed by atoms with Gasteiger partial charge in [-0.15, -0.1) is 5.10 Å². The maximum Gasteiger partial charge on any atom is 0.276 e. The number of carbonyl (C=O) groups excluding carboxylic acids is 1. The number of amides is 1. The Labute approximate surface area is 144 Å². The van der Waals surface area contributed by atoms with Gasteiger partial charge in [-0.2, -0.15) is 11.8 Å². The van der Waals surface area contributed by atoms with Gasteiger partial charge in [0.15, 0.2) is 5.69 Å². The molecule has 1 aromatic carbocycles. The summed E-state index contributed by atoms with van der Waals surface area (Å²) in [6, 6.07) is 6.51. The first-order valence-corrected chi connectivity index (χ1v) is 9.10. The van der Waals surface area contributed by atoms with E-state index in [0.717, 1.165) is 30.2 Å². The summed E-state index contributed by atoms with van der Waals surface area (Å²) in [5.74, 6) is 1.67. The second-order valence-corrected chi connectivity index (χ2v) is 6.80. The zero-order chi connectivity index (χ0) is 16.8. The van der Waals surface area contributed by atoms with Gasteiger partial charge in [0.25, 0.3) is 5.91 Å². The smallest absolute Gasteiger partial charge is 0.276 e. The third-order valence-electron chi connectivity index (χ3n) is 3.79. The Morgan fingerprint density at radius 2 is 2.17 bits per heavy atom. The van der Waals surface area contributed by atoms with Crippen LogP contribution in [0.2, 0.25) is 0 Å². The molecule has 24 heavy (non-hydrogen) atoms. The molecule has 0 saturated carbocycles. The monoisotopic (exact) mass is 349 g/mol. The molecule has 0 bridgehead atoms. The second kappa shape index (κ2) is 8.25. The number of hydrogen-bond donors (Lipinski definition) is 1. The normalized spacial score (nSPS) is 14.8. The molecule has 1 aromatic heterocycles. The molecular formula is C16H20FN5OS. The molecule has 1 fully saturated rings. The van der Waals surface area contributed by atoms with Crippen molar-refractivity contribution in [2.75, 3.05) is 31.1 Å². The Morgan fingerprint density at radius 3 is 2.96 bits per heavy atom. The SMILES string of the molecule is O=C(c1cn(CCNCc2cccc(F)c2)nn1)N1CCSCC1. The van der Waals surface area contributed by atoms with Crippen molar-refractivity contribution in [3.8, 4) is 0 Å². The summed E-state index contributed by atoms with van der Waals surface area (Å²) in [6.45, 7) is 3.39. The van der Waals surface area contributed by atoms with E-state index in [0.29, 0.717) is 25.3 Å². The molecule has 8 heteroatoms. The van der Waals surface area contributed by atoms with Crippen LogP contribution in [-0.4, -0.2) is 56.9 Å². The molecule has 1 saturated heterocycles. The molecule has 1 N–H and O–H groups in total. The Bertz CT molecular complexity index is 687. The number of thioether (sulfide) groups is 1. The Morgan fingerprint density at radius 1 is 1.33 bits per heavy atom. The average Bonchev–Trinajstić information content (AvgIpc) is 3.08. The van der Waals surface area contributed by atoms with Gasteiger partial charge in [0.05, 0.1) is 12.7 Å². The number of nitrogens with one attached hydrogen (secondary N) is 1. The zero-order valence-corrected chi connectivity index (χ0v) is 14.1. The Balaban J connectivity index is 1.45. The lowest BCUT2D eigenvalue weighted by Gasteiger charge is -2.25. The van der Waals surface area contributed by atoms with Crippen molar-refractivity contribution in [1.82, 2.24) is 25.2 Å².